The minimum Gasteiger partial charge on any atom is -0.361 e. The molecule has 1 heterocycles. The van der Waals surface area contributed by atoms with Crippen molar-refractivity contribution in [2.45, 2.75) is 6.54 Å². The molecule has 3 aromatic rings. The number of aromatic amines is 1. The number of rotatable bonds is 3. The number of hydrogen-bond donors (Lipinski definition) is 3. The maximum atomic E-state index is 11.6. The van der Waals surface area contributed by atoms with E-state index < -0.39 is 0 Å². The number of hydrogen-bond acceptors (Lipinski definition) is 2. The van der Waals surface area contributed by atoms with Crippen LogP contribution in [-0.2, 0) is 6.54 Å². The first kappa shape index (κ1) is 13.4. The maximum Gasteiger partial charge on any atom is 0.251 e. The third kappa shape index (κ3) is 2.41. The summed E-state index contributed by atoms with van der Waals surface area (Å²) in [7, 11) is 1.63. The van der Waals surface area contributed by atoms with Crippen molar-refractivity contribution >= 4 is 16.8 Å². The molecule has 106 valence electrons. The zero-order chi connectivity index (χ0) is 14.8. The summed E-state index contributed by atoms with van der Waals surface area (Å²) in [4.78, 5) is 14.8. The maximum absolute atomic E-state index is 11.6. The Kier molecular flexibility index (Phi) is 3.46. The Morgan fingerprint density at radius 1 is 1.14 bits per heavy atom. The highest BCUT2D eigenvalue weighted by molar-refractivity contribution is 5.94. The van der Waals surface area contributed by atoms with Crippen LogP contribution in [0, 0.1) is 0 Å². The van der Waals surface area contributed by atoms with E-state index in [0.29, 0.717) is 12.1 Å². The van der Waals surface area contributed by atoms with Gasteiger partial charge in [0.15, 0.2) is 0 Å². The molecule has 0 radical (unpaired) electrons. The van der Waals surface area contributed by atoms with Crippen LogP contribution < -0.4 is 11.1 Å². The Morgan fingerprint density at radius 2 is 1.86 bits per heavy atom. The van der Waals surface area contributed by atoms with Gasteiger partial charge in [0.2, 0.25) is 0 Å². The molecule has 0 unspecified atom stereocenters. The molecule has 4 heteroatoms. The summed E-state index contributed by atoms with van der Waals surface area (Å²) in [5, 5.41) is 3.76. The molecule has 2 aromatic carbocycles. The normalized spacial score (nSPS) is 10.8. The monoisotopic (exact) mass is 279 g/mol. The van der Waals surface area contributed by atoms with Gasteiger partial charge in [-0.25, -0.2) is 0 Å². The minimum atomic E-state index is -0.0759. The van der Waals surface area contributed by atoms with Crippen molar-refractivity contribution in [2.24, 2.45) is 5.73 Å². The summed E-state index contributed by atoms with van der Waals surface area (Å²) in [6, 6.07) is 13.8. The van der Waals surface area contributed by atoms with Crippen LogP contribution in [0.2, 0.25) is 0 Å². The number of nitrogens with two attached hydrogens (primary N) is 1. The van der Waals surface area contributed by atoms with Crippen molar-refractivity contribution in [3.05, 3.63) is 59.8 Å². The highest BCUT2D eigenvalue weighted by atomic mass is 16.1. The predicted molar refractivity (Wildman–Crippen MR) is 85.0 cm³/mol. The summed E-state index contributed by atoms with van der Waals surface area (Å²) in [6.07, 6.45) is 1.95. The Labute approximate surface area is 123 Å². The number of carbonyl (C=O) groups is 1. The van der Waals surface area contributed by atoms with Crippen LogP contribution >= 0.6 is 0 Å². The van der Waals surface area contributed by atoms with Crippen LogP contribution in [-0.4, -0.2) is 17.9 Å². The molecule has 0 aliphatic carbocycles. The lowest BCUT2D eigenvalue weighted by Gasteiger charge is -2.05. The fraction of sp³-hybridized carbons (Fsp3) is 0.118. The summed E-state index contributed by atoms with van der Waals surface area (Å²) >= 11 is 0. The summed E-state index contributed by atoms with van der Waals surface area (Å²) in [5.74, 6) is -0.0759. The number of aromatic nitrogens is 1. The molecule has 0 saturated carbocycles. The average Bonchev–Trinajstić information content (AvgIpc) is 2.96. The summed E-state index contributed by atoms with van der Waals surface area (Å²) in [6.45, 7) is 0.513. The first-order chi connectivity index (χ1) is 10.2. The van der Waals surface area contributed by atoms with Crippen molar-refractivity contribution in [3.63, 3.8) is 0 Å². The molecule has 0 bridgehead atoms. The van der Waals surface area contributed by atoms with Gasteiger partial charge in [-0.1, -0.05) is 18.2 Å². The van der Waals surface area contributed by atoms with Crippen molar-refractivity contribution in [1.82, 2.24) is 10.3 Å². The van der Waals surface area contributed by atoms with Gasteiger partial charge >= 0.3 is 0 Å². The molecule has 4 nitrogen and oxygen atoms in total. The van der Waals surface area contributed by atoms with Gasteiger partial charge in [0.1, 0.15) is 0 Å². The fourth-order valence-electron chi connectivity index (χ4n) is 2.49. The van der Waals surface area contributed by atoms with E-state index in [2.05, 4.69) is 28.5 Å². The van der Waals surface area contributed by atoms with E-state index in [4.69, 9.17) is 5.73 Å². The number of amides is 1. The van der Waals surface area contributed by atoms with Crippen LogP contribution in [0.15, 0.2) is 48.7 Å². The highest BCUT2D eigenvalue weighted by Crippen LogP contribution is 2.26. The van der Waals surface area contributed by atoms with Gasteiger partial charge < -0.3 is 16.0 Å². The fourth-order valence-corrected chi connectivity index (χ4v) is 2.49. The Hall–Kier alpha value is -2.59. The molecule has 0 fully saturated rings. The van der Waals surface area contributed by atoms with E-state index in [1.807, 2.05) is 30.5 Å². The number of fused-ring (bicyclic) bond motifs is 1. The Balaban J connectivity index is 2.01. The predicted octanol–water partition coefficient (Wildman–Crippen LogP) is 2.65. The molecule has 0 spiro atoms. The third-order valence-corrected chi connectivity index (χ3v) is 3.69. The third-order valence-electron chi connectivity index (χ3n) is 3.69. The largest absolute Gasteiger partial charge is 0.361 e. The summed E-state index contributed by atoms with van der Waals surface area (Å²) in [5.41, 5.74) is 10.8. The molecule has 1 aromatic heterocycles. The average molecular weight is 279 g/mol. The van der Waals surface area contributed by atoms with Gasteiger partial charge in [0.25, 0.3) is 5.91 Å². The minimum absolute atomic E-state index is 0.0759. The topological polar surface area (TPSA) is 70.9 Å². The van der Waals surface area contributed by atoms with Gasteiger partial charge in [-0.3, -0.25) is 4.79 Å². The number of carbonyl (C=O) groups excluding carboxylic acids is 1. The molecule has 21 heavy (non-hydrogen) atoms. The smallest absolute Gasteiger partial charge is 0.251 e. The second kappa shape index (κ2) is 5.42. The lowest BCUT2D eigenvalue weighted by Crippen LogP contribution is -2.17. The van der Waals surface area contributed by atoms with E-state index >= 15 is 0 Å². The van der Waals surface area contributed by atoms with Gasteiger partial charge in [0.05, 0.1) is 0 Å². The van der Waals surface area contributed by atoms with E-state index in [1.54, 1.807) is 7.05 Å². The Bertz CT molecular complexity index is 787. The van der Waals surface area contributed by atoms with E-state index in [9.17, 15) is 4.79 Å². The zero-order valence-corrected chi connectivity index (χ0v) is 11.8. The second-order valence-electron chi connectivity index (χ2n) is 4.93. The molecule has 1 amide bonds. The molecule has 0 aliphatic rings. The number of benzene rings is 2. The zero-order valence-electron chi connectivity index (χ0n) is 11.8. The molecule has 0 aliphatic heterocycles. The van der Waals surface area contributed by atoms with Gasteiger partial charge in [-0.05, 0) is 41.0 Å². The molecular formula is C17H17N3O. The van der Waals surface area contributed by atoms with Crippen LogP contribution in [0.4, 0.5) is 0 Å². The van der Waals surface area contributed by atoms with Crippen LogP contribution in [0.5, 0.6) is 0 Å². The molecule has 0 atom stereocenters. The van der Waals surface area contributed by atoms with Crippen molar-refractivity contribution in [2.75, 3.05) is 7.05 Å². The first-order valence-corrected chi connectivity index (χ1v) is 6.85. The van der Waals surface area contributed by atoms with Crippen LogP contribution in [0.25, 0.3) is 22.0 Å². The first-order valence-electron chi connectivity index (χ1n) is 6.85. The van der Waals surface area contributed by atoms with Gasteiger partial charge in [0, 0.05) is 36.3 Å². The van der Waals surface area contributed by atoms with Crippen molar-refractivity contribution in [3.8, 4) is 11.1 Å². The highest BCUT2D eigenvalue weighted by Gasteiger charge is 2.06. The molecule has 4 N–H and O–H groups in total. The van der Waals surface area contributed by atoms with E-state index in [0.717, 1.165) is 27.6 Å². The molecule has 0 saturated heterocycles. The van der Waals surface area contributed by atoms with E-state index in [-0.39, 0.29) is 5.91 Å². The standard InChI is InChI=1S/C17H17N3O/c1-19-17(21)12-4-2-11(3-5-12)13-6-7-16-15(8-13)14(9-18)10-20-16/h2-8,10,20H,9,18H2,1H3,(H,19,21). The Morgan fingerprint density at radius 3 is 2.52 bits per heavy atom. The lowest BCUT2D eigenvalue weighted by molar-refractivity contribution is 0.0963. The quantitative estimate of drug-likeness (QED) is 0.689. The van der Waals surface area contributed by atoms with Crippen LogP contribution in [0.1, 0.15) is 15.9 Å². The van der Waals surface area contributed by atoms with Crippen molar-refractivity contribution < 1.29 is 4.79 Å². The van der Waals surface area contributed by atoms with Crippen molar-refractivity contribution in [1.29, 1.82) is 0 Å². The lowest BCUT2D eigenvalue weighted by atomic mass is 10.0. The number of nitrogens with one attached hydrogen (secondary N) is 2. The SMILES string of the molecule is CNC(=O)c1ccc(-c2ccc3[nH]cc(CN)c3c2)cc1. The van der Waals surface area contributed by atoms with Crippen LogP contribution in [0.3, 0.4) is 0 Å². The molecular weight excluding hydrogens is 262 g/mol. The number of H-pyrrole nitrogens is 1. The summed E-state index contributed by atoms with van der Waals surface area (Å²) < 4.78 is 0. The van der Waals surface area contributed by atoms with E-state index in [1.165, 1.54) is 0 Å². The van der Waals surface area contributed by atoms with Gasteiger partial charge in [-0.2, -0.15) is 0 Å². The molecule has 3 rings (SSSR count). The second-order valence-corrected chi connectivity index (χ2v) is 4.93. The van der Waals surface area contributed by atoms with Gasteiger partial charge in [-0.15, -0.1) is 0 Å².